The van der Waals surface area contributed by atoms with E-state index in [1.807, 2.05) is 24.5 Å². The highest BCUT2D eigenvalue weighted by Gasteiger charge is 2.32. The van der Waals surface area contributed by atoms with Crippen molar-refractivity contribution in [3.05, 3.63) is 45.1 Å². The molecule has 0 unspecified atom stereocenters. The van der Waals surface area contributed by atoms with E-state index < -0.39 is 0 Å². The van der Waals surface area contributed by atoms with Gasteiger partial charge in [0.2, 0.25) is 5.43 Å². The Bertz CT molecular complexity index is 1250. The lowest BCUT2D eigenvalue weighted by Gasteiger charge is -2.35. The van der Waals surface area contributed by atoms with Gasteiger partial charge < -0.3 is 24.8 Å². The van der Waals surface area contributed by atoms with Crippen molar-refractivity contribution in [3.63, 3.8) is 0 Å². The molecule has 1 aliphatic rings. The van der Waals surface area contributed by atoms with E-state index in [0.29, 0.717) is 56.0 Å². The molecule has 0 atom stereocenters. The predicted molar refractivity (Wildman–Crippen MR) is 136 cm³/mol. The normalized spacial score (nSPS) is 13.5. The number of hydrogen-bond donors (Lipinski definition) is 3. The van der Waals surface area contributed by atoms with E-state index >= 15 is 0 Å². The number of aromatic nitrogens is 4. The van der Waals surface area contributed by atoms with Crippen molar-refractivity contribution in [1.29, 1.82) is 0 Å². The first kappa shape index (κ1) is 25.0. The summed E-state index contributed by atoms with van der Waals surface area (Å²) in [7, 11) is 0. The van der Waals surface area contributed by atoms with Crippen molar-refractivity contribution in [2.24, 2.45) is 0 Å². The van der Waals surface area contributed by atoms with Crippen LogP contribution in [0.4, 0.5) is 5.82 Å². The number of nitrogens with zero attached hydrogens (tertiary/aromatic N) is 4. The number of amides is 1. The molecule has 0 spiro atoms. The summed E-state index contributed by atoms with van der Waals surface area (Å²) in [6.45, 7) is 9.30. The number of nitrogens with one attached hydrogen (secondary N) is 3. The van der Waals surface area contributed by atoms with E-state index in [-0.39, 0.29) is 23.1 Å². The number of anilines is 1. The van der Waals surface area contributed by atoms with Crippen LogP contribution in [0, 0.1) is 0 Å². The summed E-state index contributed by atoms with van der Waals surface area (Å²) in [5, 5.41) is 14.6. The lowest BCUT2D eigenvalue weighted by atomic mass is 10.1. The van der Waals surface area contributed by atoms with Crippen molar-refractivity contribution >= 4 is 34.2 Å². The Kier molecular flexibility index (Phi) is 7.92. The highest BCUT2D eigenvalue weighted by atomic mass is 35.5. The van der Waals surface area contributed by atoms with Crippen LogP contribution in [0.2, 0.25) is 5.15 Å². The van der Waals surface area contributed by atoms with Gasteiger partial charge in [-0.25, -0.2) is 4.98 Å². The second-order valence-corrected chi connectivity index (χ2v) is 9.21. The average molecular weight is 502 g/mol. The first-order valence-corrected chi connectivity index (χ1v) is 12.4. The number of halogens is 1. The largest absolute Gasteiger partial charge is 0.487 e. The lowest BCUT2D eigenvalue weighted by Crippen LogP contribution is -2.46. The highest BCUT2D eigenvalue weighted by molar-refractivity contribution is 6.34. The molecule has 3 aromatic rings. The van der Waals surface area contributed by atoms with Gasteiger partial charge in [-0.05, 0) is 20.3 Å². The van der Waals surface area contributed by atoms with Crippen LogP contribution in [0.1, 0.15) is 49.8 Å². The van der Waals surface area contributed by atoms with Crippen LogP contribution in [0.25, 0.3) is 10.9 Å². The number of pyridine rings is 2. The number of fused-ring (bicyclic) bond motifs is 2. The third-order valence-electron chi connectivity index (χ3n) is 6.05. The summed E-state index contributed by atoms with van der Waals surface area (Å²) in [6, 6.07) is 3.48. The van der Waals surface area contributed by atoms with E-state index in [1.165, 1.54) is 0 Å². The SMILES string of the molecule is CCCCOc1c2n(c(CNCCNc3cc4[nH]ncc4c(Cl)n3)cc1=O)CCN(C(C)C)C2=O. The Labute approximate surface area is 209 Å². The molecule has 10 nitrogen and oxygen atoms in total. The molecule has 0 saturated carbocycles. The van der Waals surface area contributed by atoms with Crippen LogP contribution in [0.5, 0.6) is 5.75 Å². The predicted octanol–water partition coefficient (Wildman–Crippen LogP) is 3.02. The topological polar surface area (TPSA) is 117 Å². The molecule has 0 aliphatic carbocycles. The number of H-pyrrole nitrogens is 1. The van der Waals surface area contributed by atoms with Crippen molar-refractivity contribution in [2.45, 2.75) is 52.7 Å². The first-order chi connectivity index (χ1) is 16.9. The molecule has 4 heterocycles. The number of carbonyl (C=O) groups is 1. The molecule has 188 valence electrons. The van der Waals surface area contributed by atoms with Gasteiger partial charge in [-0.15, -0.1) is 0 Å². The van der Waals surface area contributed by atoms with Gasteiger partial charge in [0.25, 0.3) is 5.91 Å². The van der Waals surface area contributed by atoms with Crippen molar-refractivity contribution in [1.82, 2.24) is 30.0 Å². The van der Waals surface area contributed by atoms with Crippen LogP contribution < -0.4 is 20.8 Å². The van der Waals surface area contributed by atoms with Crippen molar-refractivity contribution < 1.29 is 9.53 Å². The first-order valence-electron chi connectivity index (χ1n) is 12.0. The van der Waals surface area contributed by atoms with E-state index in [4.69, 9.17) is 16.3 Å². The molecule has 4 rings (SSSR count). The summed E-state index contributed by atoms with van der Waals surface area (Å²) in [5.74, 6) is 0.655. The number of ether oxygens (including phenoxy) is 1. The molecule has 0 fully saturated rings. The molecule has 11 heteroatoms. The highest BCUT2D eigenvalue weighted by Crippen LogP contribution is 2.24. The van der Waals surface area contributed by atoms with Crippen LogP contribution in [0.3, 0.4) is 0 Å². The van der Waals surface area contributed by atoms with Crippen LogP contribution >= 0.6 is 11.6 Å². The molecule has 3 aromatic heterocycles. The zero-order chi connectivity index (χ0) is 24.9. The van der Waals surface area contributed by atoms with Crippen molar-refractivity contribution in [3.8, 4) is 5.75 Å². The number of unbranched alkanes of at least 4 members (excludes halogenated alkanes) is 1. The monoisotopic (exact) mass is 501 g/mol. The zero-order valence-electron chi connectivity index (χ0n) is 20.4. The standard InChI is InChI=1S/C24H32ClN7O3/c1-4-5-10-35-22-19(33)11-16(32-9-8-31(15(2)3)24(34)21(22)32)13-26-6-7-27-20-12-18-17(14-28-30-18)23(25)29-20/h11-12,14-15,26H,4-10,13H2,1-3H3,(H,27,29)(H,28,30). The van der Waals surface area contributed by atoms with Gasteiger partial charge in [0.15, 0.2) is 11.4 Å². The van der Waals surface area contributed by atoms with E-state index in [9.17, 15) is 9.59 Å². The smallest absolute Gasteiger partial charge is 0.274 e. The minimum absolute atomic E-state index is 0.0470. The second-order valence-electron chi connectivity index (χ2n) is 8.86. The molecule has 0 bridgehead atoms. The summed E-state index contributed by atoms with van der Waals surface area (Å²) < 4.78 is 7.75. The third kappa shape index (κ3) is 5.43. The fourth-order valence-electron chi connectivity index (χ4n) is 4.18. The summed E-state index contributed by atoms with van der Waals surface area (Å²) in [5.41, 5.74) is 1.68. The third-order valence-corrected chi connectivity index (χ3v) is 6.34. The molecule has 0 saturated heterocycles. The molecule has 3 N–H and O–H groups in total. The quantitative estimate of drug-likeness (QED) is 0.273. The number of rotatable bonds is 11. The van der Waals surface area contributed by atoms with Crippen LogP contribution in [0.15, 0.2) is 23.1 Å². The van der Waals surface area contributed by atoms with E-state index in [0.717, 1.165) is 29.4 Å². The maximum Gasteiger partial charge on any atom is 0.274 e. The Morgan fingerprint density at radius 2 is 2.06 bits per heavy atom. The molecular formula is C24H32ClN7O3. The van der Waals surface area contributed by atoms with E-state index in [2.05, 4.69) is 32.7 Å². The van der Waals surface area contributed by atoms with Crippen LogP contribution in [-0.4, -0.2) is 62.8 Å². The van der Waals surface area contributed by atoms with Gasteiger partial charge >= 0.3 is 0 Å². The molecule has 35 heavy (non-hydrogen) atoms. The minimum Gasteiger partial charge on any atom is -0.487 e. The second kappa shape index (κ2) is 11.1. The van der Waals surface area contributed by atoms with Gasteiger partial charge in [-0.3, -0.25) is 14.7 Å². The summed E-state index contributed by atoms with van der Waals surface area (Å²) >= 11 is 6.20. The zero-order valence-corrected chi connectivity index (χ0v) is 21.1. The maximum atomic E-state index is 13.3. The average Bonchev–Trinajstić information content (AvgIpc) is 3.30. The molecular weight excluding hydrogens is 470 g/mol. The fraction of sp³-hybridized carbons (Fsp3) is 0.500. The van der Waals surface area contributed by atoms with E-state index in [1.54, 1.807) is 17.2 Å². The minimum atomic E-state index is -0.257. The fourth-order valence-corrected chi connectivity index (χ4v) is 4.42. The van der Waals surface area contributed by atoms with Gasteiger partial charge in [-0.1, -0.05) is 24.9 Å². The summed E-state index contributed by atoms with van der Waals surface area (Å²) in [6.07, 6.45) is 3.41. The van der Waals surface area contributed by atoms with Crippen LogP contribution in [-0.2, 0) is 13.1 Å². The summed E-state index contributed by atoms with van der Waals surface area (Å²) in [4.78, 5) is 32.3. The van der Waals surface area contributed by atoms with Gasteiger partial charge in [0.05, 0.1) is 23.7 Å². The Morgan fingerprint density at radius 3 is 2.83 bits per heavy atom. The lowest BCUT2D eigenvalue weighted by molar-refractivity contribution is 0.0636. The van der Waals surface area contributed by atoms with Crippen molar-refractivity contribution in [2.75, 3.05) is 31.6 Å². The van der Waals surface area contributed by atoms with Gasteiger partial charge in [0.1, 0.15) is 11.0 Å². The molecule has 1 aliphatic heterocycles. The Morgan fingerprint density at radius 1 is 1.23 bits per heavy atom. The number of carbonyl (C=O) groups excluding carboxylic acids is 1. The Balaban J connectivity index is 1.45. The molecule has 1 amide bonds. The number of hydrogen-bond acceptors (Lipinski definition) is 7. The van der Waals surface area contributed by atoms with Gasteiger partial charge in [-0.2, -0.15) is 5.10 Å². The Hall–Kier alpha value is -3.11. The molecule has 0 radical (unpaired) electrons. The number of aromatic amines is 1. The maximum absolute atomic E-state index is 13.3. The van der Waals surface area contributed by atoms with Gasteiger partial charge in [0, 0.05) is 56.6 Å². The molecule has 0 aromatic carbocycles.